The minimum Gasteiger partial charge on any atom is -0.371 e. The molecule has 24 heavy (non-hydrogen) atoms. The highest BCUT2D eigenvalue weighted by Gasteiger charge is 2.48. The summed E-state index contributed by atoms with van der Waals surface area (Å²) in [5, 5.41) is 0. The summed E-state index contributed by atoms with van der Waals surface area (Å²) in [6.45, 7) is 4.34. The maximum absolute atomic E-state index is 11.9. The number of likely N-dealkylation sites (tertiary alicyclic amines) is 1. The van der Waals surface area contributed by atoms with E-state index in [2.05, 4.69) is 23.0 Å². The van der Waals surface area contributed by atoms with Crippen LogP contribution in [0.5, 0.6) is 0 Å². The lowest BCUT2D eigenvalue weighted by Crippen LogP contribution is -2.66. The van der Waals surface area contributed by atoms with Crippen LogP contribution in [0.2, 0.25) is 0 Å². The number of carbonyl (C=O) groups excluding carboxylic acids is 1. The Hall–Kier alpha value is -1.11. The van der Waals surface area contributed by atoms with Gasteiger partial charge >= 0.3 is 0 Å². The highest BCUT2D eigenvalue weighted by Crippen LogP contribution is 2.36. The number of rotatable bonds is 6. The molecule has 1 spiro atoms. The first-order valence-corrected chi connectivity index (χ1v) is 9.98. The largest absolute Gasteiger partial charge is 0.371 e. The quantitative estimate of drug-likeness (QED) is 0.785. The van der Waals surface area contributed by atoms with Gasteiger partial charge in [-0.3, -0.25) is 9.78 Å². The van der Waals surface area contributed by atoms with Crippen molar-refractivity contribution in [3.63, 3.8) is 0 Å². The molecule has 0 saturated carbocycles. The predicted molar refractivity (Wildman–Crippen MR) is 96.9 cm³/mol. The Labute approximate surface area is 148 Å². The Bertz CT molecular complexity index is 538. The Kier molecular flexibility index (Phi) is 5.79. The van der Waals surface area contributed by atoms with E-state index >= 15 is 0 Å². The van der Waals surface area contributed by atoms with Crippen molar-refractivity contribution in [1.29, 1.82) is 0 Å². The van der Waals surface area contributed by atoms with E-state index in [1.54, 1.807) is 11.8 Å². The second-order valence-electron chi connectivity index (χ2n) is 7.14. The Morgan fingerprint density at radius 1 is 1.54 bits per heavy atom. The van der Waals surface area contributed by atoms with E-state index in [1.165, 1.54) is 12.0 Å². The summed E-state index contributed by atoms with van der Waals surface area (Å²) in [6.07, 6.45) is 7.96. The van der Waals surface area contributed by atoms with Crippen molar-refractivity contribution >= 4 is 17.7 Å². The van der Waals surface area contributed by atoms with Crippen LogP contribution in [0.3, 0.4) is 0 Å². The average molecular weight is 350 g/mol. The highest BCUT2D eigenvalue weighted by molar-refractivity contribution is 7.99. The summed E-state index contributed by atoms with van der Waals surface area (Å²) in [4.78, 5) is 20.3. The molecular formula is C18H27N3O2S. The molecular weight excluding hydrogens is 322 g/mol. The Balaban J connectivity index is 1.39. The van der Waals surface area contributed by atoms with Crippen molar-refractivity contribution < 1.29 is 9.53 Å². The fourth-order valence-corrected chi connectivity index (χ4v) is 4.09. The molecule has 6 heteroatoms. The van der Waals surface area contributed by atoms with E-state index in [0.29, 0.717) is 11.7 Å². The van der Waals surface area contributed by atoms with Gasteiger partial charge in [-0.15, -0.1) is 0 Å². The van der Waals surface area contributed by atoms with Gasteiger partial charge in [0, 0.05) is 25.5 Å². The van der Waals surface area contributed by atoms with E-state index in [9.17, 15) is 4.79 Å². The van der Waals surface area contributed by atoms with E-state index < -0.39 is 0 Å². The number of hydrogen-bond donors (Lipinski definition) is 0. The topological polar surface area (TPSA) is 45.7 Å². The zero-order valence-corrected chi connectivity index (χ0v) is 15.4. The Morgan fingerprint density at radius 3 is 3.00 bits per heavy atom. The fourth-order valence-electron chi connectivity index (χ4n) is 3.66. The summed E-state index contributed by atoms with van der Waals surface area (Å²) in [6, 6.07) is 4.10. The molecule has 2 aliphatic rings. The van der Waals surface area contributed by atoms with Crippen molar-refractivity contribution in [2.24, 2.45) is 5.92 Å². The molecule has 132 valence electrons. The van der Waals surface area contributed by atoms with Crippen LogP contribution in [0.25, 0.3) is 0 Å². The molecule has 2 aliphatic heterocycles. The molecule has 1 unspecified atom stereocenters. The lowest BCUT2D eigenvalue weighted by atomic mass is 9.83. The SMILES string of the molecule is CSCC(=O)N1CC2(CCC(CN(C)Cc3cccnc3)CO2)C1. The summed E-state index contributed by atoms with van der Waals surface area (Å²) in [5.74, 6) is 1.40. The first kappa shape index (κ1) is 17.7. The van der Waals surface area contributed by atoms with Gasteiger partial charge < -0.3 is 14.5 Å². The number of carbonyl (C=O) groups is 1. The van der Waals surface area contributed by atoms with Crippen LogP contribution in [0.15, 0.2) is 24.5 Å². The normalized spacial score (nSPS) is 22.6. The van der Waals surface area contributed by atoms with Crippen molar-refractivity contribution in [3.8, 4) is 0 Å². The van der Waals surface area contributed by atoms with Crippen molar-refractivity contribution in [1.82, 2.24) is 14.8 Å². The maximum atomic E-state index is 11.9. The lowest BCUT2D eigenvalue weighted by molar-refractivity contribution is -0.188. The number of aromatic nitrogens is 1. The van der Waals surface area contributed by atoms with Crippen LogP contribution in [0.4, 0.5) is 0 Å². The smallest absolute Gasteiger partial charge is 0.232 e. The summed E-state index contributed by atoms with van der Waals surface area (Å²) < 4.78 is 6.18. The molecule has 0 aromatic carbocycles. The predicted octanol–water partition coefficient (Wildman–Crippen LogP) is 1.88. The first-order valence-electron chi connectivity index (χ1n) is 8.58. The number of nitrogens with zero attached hydrogens (tertiary/aromatic N) is 3. The standard InChI is InChI=1S/C18H27N3O2S/c1-20(9-15-4-3-7-19-8-15)10-16-5-6-18(23-11-16)13-21(14-18)17(22)12-24-2/h3-4,7-8,16H,5-6,9-14H2,1-2H3. The highest BCUT2D eigenvalue weighted by atomic mass is 32.2. The molecule has 1 amide bonds. The van der Waals surface area contributed by atoms with Gasteiger partial charge in [-0.25, -0.2) is 0 Å². The van der Waals surface area contributed by atoms with Crippen LogP contribution in [-0.2, 0) is 16.1 Å². The molecule has 0 aliphatic carbocycles. The van der Waals surface area contributed by atoms with E-state index in [4.69, 9.17) is 4.74 Å². The van der Waals surface area contributed by atoms with Crippen LogP contribution in [-0.4, -0.2) is 71.6 Å². The number of pyridine rings is 1. The van der Waals surface area contributed by atoms with Gasteiger partial charge in [-0.2, -0.15) is 11.8 Å². The van der Waals surface area contributed by atoms with E-state index in [1.807, 2.05) is 29.6 Å². The maximum Gasteiger partial charge on any atom is 0.232 e. The van der Waals surface area contributed by atoms with Gasteiger partial charge in [0.1, 0.15) is 5.60 Å². The van der Waals surface area contributed by atoms with Gasteiger partial charge in [0.05, 0.1) is 25.4 Å². The average Bonchev–Trinajstić information content (AvgIpc) is 2.54. The molecule has 2 saturated heterocycles. The number of hydrogen-bond acceptors (Lipinski definition) is 5. The first-order chi connectivity index (χ1) is 11.6. The van der Waals surface area contributed by atoms with Crippen LogP contribution in [0.1, 0.15) is 18.4 Å². The second kappa shape index (κ2) is 7.85. The van der Waals surface area contributed by atoms with Crippen LogP contribution in [0, 0.1) is 5.92 Å². The minimum absolute atomic E-state index is 0.0491. The summed E-state index contributed by atoms with van der Waals surface area (Å²) in [7, 11) is 2.16. The zero-order valence-electron chi connectivity index (χ0n) is 14.6. The van der Waals surface area contributed by atoms with E-state index in [0.717, 1.165) is 39.2 Å². The number of amides is 1. The van der Waals surface area contributed by atoms with Gasteiger partial charge in [-0.05, 0) is 43.7 Å². The minimum atomic E-state index is -0.0491. The monoisotopic (exact) mass is 349 g/mol. The summed E-state index contributed by atoms with van der Waals surface area (Å²) in [5.41, 5.74) is 1.20. The van der Waals surface area contributed by atoms with Gasteiger partial charge in [0.15, 0.2) is 0 Å². The number of ether oxygens (including phenoxy) is 1. The van der Waals surface area contributed by atoms with Gasteiger partial charge in [0.25, 0.3) is 0 Å². The molecule has 1 aromatic rings. The third-order valence-electron chi connectivity index (χ3n) is 4.96. The second-order valence-corrected chi connectivity index (χ2v) is 8.01. The molecule has 0 bridgehead atoms. The molecule has 1 atom stereocenters. The zero-order chi connectivity index (χ0) is 17.0. The molecule has 2 fully saturated rings. The lowest BCUT2D eigenvalue weighted by Gasteiger charge is -2.53. The Morgan fingerprint density at radius 2 is 2.38 bits per heavy atom. The van der Waals surface area contributed by atoms with Gasteiger partial charge in [0.2, 0.25) is 5.91 Å². The van der Waals surface area contributed by atoms with Crippen LogP contribution >= 0.6 is 11.8 Å². The van der Waals surface area contributed by atoms with E-state index in [-0.39, 0.29) is 11.5 Å². The van der Waals surface area contributed by atoms with Crippen molar-refractivity contribution in [2.75, 3.05) is 45.3 Å². The molecule has 5 nitrogen and oxygen atoms in total. The molecule has 1 aromatic heterocycles. The third kappa shape index (κ3) is 4.29. The number of thioether (sulfide) groups is 1. The summed E-state index contributed by atoms with van der Waals surface area (Å²) >= 11 is 1.59. The molecule has 3 heterocycles. The van der Waals surface area contributed by atoms with Crippen molar-refractivity contribution in [2.45, 2.75) is 25.0 Å². The van der Waals surface area contributed by atoms with Gasteiger partial charge in [-0.1, -0.05) is 6.07 Å². The third-order valence-corrected chi connectivity index (χ3v) is 5.49. The van der Waals surface area contributed by atoms with Crippen LogP contribution < -0.4 is 0 Å². The molecule has 3 rings (SSSR count). The molecule has 0 N–H and O–H groups in total. The fraction of sp³-hybridized carbons (Fsp3) is 0.667. The molecule has 0 radical (unpaired) electrons. The van der Waals surface area contributed by atoms with Crippen molar-refractivity contribution in [3.05, 3.63) is 30.1 Å².